The summed E-state index contributed by atoms with van der Waals surface area (Å²) in [5, 5.41) is 9.65. The Balaban J connectivity index is 1.90. The monoisotopic (exact) mass is 227 g/mol. The van der Waals surface area contributed by atoms with Crippen molar-refractivity contribution in [2.45, 2.75) is 12.5 Å². The highest BCUT2D eigenvalue weighted by Gasteiger charge is 2.22. The highest BCUT2D eigenvalue weighted by Crippen LogP contribution is 2.20. The summed E-state index contributed by atoms with van der Waals surface area (Å²) >= 11 is 5.78. The van der Waals surface area contributed by atoms with Crippen molar-refractivity contribution < 1.29 is 9.84 Å². The molecule has 0 radical (unpaired) electrons. The molecule has 1 heterocycles. The molecule has 0 aromatic heterocycles. The van der Waals surface area contributed by atoms with E-state index in [9.17, 15) is 0 Å². The van der Waals surface area contributed by atoms with Gasteiger partial charge in [0.25, 0.3) is 0 Å². The number of aliphatic hydroxyl groups is 1. The smallest absolute Gasteiger partial charge is 0.119 e. The zero-order valence-electron chi connectivity index (χ0n) is 8.40. The summed E-state index contributed by atoms with van der Waals surface area (Å²) in [6, 6.07) is 7.36. The van der Waals surface area contributed by atoms with Crippen molar-refractivity contribution in [2.24, 2.45) is 0 Å². The van der Waals surface area contributed by atoms with E-state index < -0.39 is 0 Å². The first kappa shape index (κ1) is 10.7. The molecule has 15 heavy (non-hydrogen) atoms. The van der Waals surface area contributed by atoms with Crippen LogP contribution < -0.4 is 4.74 Å². The normalized spacial score (nSPS) is 21.9. The van der Waals surface area contributed by atoms with Crippen LogP contribution in [0.5, 0.6) is 5.75 Å². The Morgan fingerprint density at radius 2 is 2.13 bits per heavy atom. The quantitative estimate of drug-likeness (QED) is 0.854. The molecule has 2 rings (SSSR count). The van der Waals surface area contributed by atoms with Gasteiger partial charge in [0.2, 0.25) is 0 Å². The summed E-state index contributed by atoms with van der Waals surface area (Å²) in [4.78, 5) is 1.96. The van der Waals surface area contributed by atoms with Gasteiger partial charge in [0.15, 0.2) is 0 Å². The van der Waals surface area contributed by atoms with Gasteiger partial charge < -0.3 is 9.84 Å². The summed E-state index contributed by atoms with van der Waals surface area (Å²) in [5.41, 5.74) is 0. The molecule has 0 spiro atoms. The third-order valence-corrected chi connectivity index (χ3v) is 2.80. The van der Waals surface area contributed by atoms with Crippen LogP contribution in [0, 0.1) is 0 Å². The number of nitrogens with zero attached hydrogens (tertiary/aromatic N) is 1. The average Bonchev–Trinajstić information content (AvgIpc) is 2.69. The summed E-state index contributed by atoms with van der Waals surface area (Å²) < 4.78 is 5.75. The van der Waals surface area contributed by atoms with E-state index in [2.05, 4.69) is 0 Å². The number of likely N-dealkylation sites (tertiary alicyclic amines) is 1. The van der Waals surface area contributed by atoms with Crippen LogP contribution >= 0.6 is 11.6 Å². The van der Waals surface area contributed by atoms with Crippen molar-refractivity contribution >= 4 is 11.6 Å². The Labute approximate surface area is 94.2 Å². The first-order valence-corrected chi connectivity index (χ1v) is 5.41. The van der Waals surface area contributed by atoms with E-state index in [0.29, 0.717) is 5.02 Å². The van der Waals surface area contributed by atoms with E-state index in [1.807, 2.05) is 29.2 Å². The molecule has 1 aromatic carbocycles. The zero-order valence-corrected chi connectivity index (χ0v) is 9.15. The van der Waals surface area contributed by atoms with Crippen LogP contribution in [0.4, 0.5) is 0 Å². The van der Waals surface area contributed by atoms with Crippen LogP contribution in [0.2, 0.25) is 5.02 Å². The van der Waals surface area contributed by atoms with Gasteiger partial charge in [-0.2, -0.15) is 0 Å². The molecule has 82 valence electrons. The minimum atomic E-state index is 0.112. The molecule has 1 fully saturated rings. The van der Waals surface area contributed by atoms with E-state index >= 15 is 0 Å². The fourth-order valence-corrected chi connectivity index (χ4v) is 1.85. The second-order valence-electron chi connectivity index (χ2n) is 3.70. The first-order valence-electron chi connectivity index (χ1n) is 5.03. The minimum Gasteiger partial charge on any atom is -0.489 e. The lowest BCUT2D eigenvalue weighted by Gasteiger charge is -2.14. The van der Waals surface area contributed by atoms with Gasteiger partial charge in [0.05, 0.1) is 6.73 Å². The number of hydrogen-bond donors (Lipinski definition) is 1. The third kappa shape index (κ3) is 2.84. The molecule has 0 unspecified atom stereocenters. The predicted octanol–water partition coefficient (Wildman–Crippen LogP) is 1.74. The minimum absolute atomic E-state index is 0.112. The van der Waals surface area contributed by atoms with Crippen molar-refractivity contribution in [3.05, 3.63) is 29.3 Å². The largest absolute Gasteiger partial charge is 0.489 e. The van der Waals surface area contributed by atoms with Crippen molar-refractivity contribution in [1.29, 1.82) is 0 Å². The molecule has 0 bridgehead atoms. The highest BCUT2D eigenvalue weighted by atomic mass is 35.5. The van der Waals surface area contributed by atoms with Crippen LogP contribution in [0.3, 0.4) is 0 Å². The second kappa shape index (κ2) is 4.84. The molecule has 0 saturated carbocycles. The van der Waals surface area contributed by atoms with Crippen LogP contribution in [-0.2, 0) is 0 Å². The topological polar surface area (TPSA) is 32.7 Å². The molecular weight excluding hydrogens is 214 g/mol. The third-order valence-electron chi connectivity index (χ3n) is 2.55. The SMILES string of the molecule is OCN1CC[C@H](Oc2ccc(Cl)cc2)C1. The van der Waals surface area contributed by atoms with Crippen LogP contribution in [0.15, 0.2) is 24.3 Å². The summed E-state index contributed by atoms with van der Waals surface area (Å²) in [7, 11) is 0. The van der Waals surface area contributed by atoms with Crippen molar-refractivity contribution in [3.63, 3.8) is 0 Å². The van der Waals surface area contributed by atoms with Gasteiger partial charge in [-0.25, -0.2) is 0 Å². The summed E-state index contributed by atoms with van der Waals surface area (Å²) in [5.74, 6) is 0.837. The molecule has 1 aliphatic heterocycles. The Kier molecular flexibility index (Phi) is 3.46. The first-order chi connectivity index (χ1) is 7.28. The van der Waals surface area contributed by atoms with Crippen molar-refractivity contribution in [2.75, 3.05) is 19.8 Å². The zero-order chi connectivity index (χ0) is 10.7. The average molecular weight is 228 g/mol. The summed E-state index contributed by atoms with van der Waals surface area (Å²) in [6.07, 6.45) is 1.14. The fourth-order valence-electron chi connectivity index (χ4n) is 1.73. The van der Waals surface area contributed by atoms with E-state index in [4.69, 9.17) is 21.4 Å². The number of halogens is 1. The standard InChI is InChI=1S/C11H14ClNO2/c12-9-1-3-10(4-2-9)15-11-5-6-13(7-11)8-14/h1-4,11,14H,5-8H2/t11-/m0/s1. The molecular formula is C11H14ClNO2. The maximum Gasteiger partial charge on any atom is 0.119 e. The Bertz CT molecular complexity index is 315. The van der Waals surface area contributed by atoms with Crippen molar-refractivity contribution in [1.82, 2.24) is 4.90 Å². The molecule has 3 nitrogen and oxygen atoms in total. The van der Waals surface area contributed by atoms with Gasteiger partial charge in [-0.05, 0) is 30.7 Å². The predicted molar refractivity (Wildman–Crippen MR) is 59.1 cm³/mol. The van der Waals surface area contributed by atoms with Crippen LogP contribution in [0.25, 0.3) is 0 Å². The van der Waals surface area contributed by atoms with Gasteiger partial charge >= 0.3 is 0 Å². The van der Waals surface area contributed by atoms with Gasteiger partial charge in [0, 0.05) is 18.1 Å². The van der Waals surface area contributed by atoms with Crippen molar-refractivity contribution in [3.8, 4) is 5.75 Å². The Hall–Kier alpha value is -0.770. The molecule has 1 aliphatic rings. The number of aliphatic hydroxyl groups excluding tert-OH is 1. The molecule has 1 atom stereocenters. The van der Waals surface area contributed by atoms with E-state index in [1.165, 1.54) is 0 Å². The van der Waals surface area contributed by atoms with Crippen LogP contribution in [-0.4, -0.2) is 35.9 Å². The lowest BCUT2D eigenvalue weighted by Crippen LogP contribution is -2.25. The maximum absolute atomic E-state index is 8.94. The van der Waals surface area contributed by atoms with Crippen LogP contribution in [0.1, 0.15) is 6.42 Å². The molecule has 0 aliphatic carbocycles. The lowest BCUT2D eigenvalue weighted by atomic mass is 10.3. The lowest BCUT2D eigenvalue weighted by molar-refractivity contribution is 0.114. The van der Waals surface area contributed by atoms with E-state index in [-0.39, 0.29) is 12.8 Å². The Morgan fingerprint density at radius 3 is 2.73 bits per heavy atom. The number of hydrogen-bond acceptors (Lipinski definition) is 3. The van der Waals surface area contributed by atoms with Gasteiger partial charge in [0.1, 0.15) is 11.9 Å². The summed E-state index contributed by atoms with van der Waals surface area (Å²) in [6.45, 7) is 1.80. The number of ether oxygens (including phenoxy) is 1. The fraction of sp³-hybridized carbons (Fsp3) is 0.455. The molecule has 0 amide bonds. The number of benzene rings is 1. The second-order valence-corrected chi connectivity index (χ2v) is 4.14. The number of rotatable bonds is 3. The Morgan fingerprint density at radius 1 is 1.40 bits per heavy atom. The highest BCUT2D eigenvalue weighted by molar-refractivity contribution is 6.30. The molecule has 1 N–H and O–H groups in total. The van der Waals surface area contributed by atoms with Gasteiger partial charge in [-0.1, -0.05) is 11.6 Å². The maximum atomic E-state index is 8.94. The van der Waals surface area contributed by atoms with E-state index in [1.54, 1.807) is 0 Å². The van der Waals surface area contributed by atoms with E-state index in [0.717, 1.165) is 25.3 Å². The molecule has 4 heteroatoms. The molecule has 1 aromatic rings. The molecule has 1 saturated heterocycles. The van der Waals surface area contributed by atoms with Gasteiger partial charge in [-0.3, -0.25) is 4.90 Å². The van der Waals surface area contributed by atoms with Gasteiger partial charge in [-0.15, -0.1) is 0 Å².